The van der Waals surface area contributed by atoms with E-state index in [2.05, 4.69) is 4.98 Å². The highest BCUT2D eigenvalue weighted by atomic mass is 19.1. The molecule has 0 radical (unpaired) electrons. The first-order chi connectivity index (χ1) is 7.50. The number of aromatic nitrogens is 1. The van der Waals surface area contributed by atoms with Crippen LogP contribution in [0.1, 0.15) is 16.1 Å². The van der Waals surface area contributed by atoms with E-state index in [1.165, 1.54) is 19.1 Å². The molecule has 0 fully saturated rings. The van der Waals surface area contributed by atoms with Gasteiger partial charge in [-0.15, -0.1) is 0 Å². The number of carbonyl (C=O) groups is 1. The predicted octanol–water partition coefficient (Wildman–Crippen LogP) is 1.67. The van der Waals surface area contributed by atoms with E-state index in [1.54, 1.807) is 0 Å². The van der Waals surface area contributed by atoms with E-state index >= 15 is 0 Å². The Hall–Kier alpha value is -2.17. The number of rotatable bonds is 1. The van der Waals surface area contributed by atoms with Gasteiger partial charge in [-0.3, -0.25) is 4.79 Å². The Morgan fingerprint density at radius 2 is 2.12 bits per heavy atom. The second kappa shape index (κ2) is 3.44. The number of benzene rings is 1. The number of hydrogen-bond acceptors (Lipinski definition) is 2. The van der Waals surface area contributed by atoms with Crippen LogP contribution >= 0.6 is 0 Å². The number of pyridine rings is 1. The molecule has 0 aliphatic rings. The van der Waals surface area contributed by atoms with Crippen molar-refractivity contribution < 1.29 is 14.3 Å². The van der Waals surface area contributed by atoms with Crippen molar-refractivity contribution in [3.8, 4) is 0 Å². The van der Waals surface area contributed by atoms with Gasteiger partial charge in [-0.25, -0.2) is 9.18 Å². The Morgan fingerprint density at radius 3 is 2.75 bits per heavy atom. The molecular weight excluding hydrogens is 213 g/mol. The van der Waals surface area contributed by atoms with Crippen LogP contribution in [-0.2, 0) is 0 Å². The molecule has 0 aliphatic carbocycles. The van der Waals surface area contributed by atoms with E-state index in [-0.39, 0.29) is 16.6 Å². The minimum Gasteiger partial charge on any atom is -0.477 e. The third kappa shape index (κ3) is 1.46. The summed E-state index contributed by atoms with van der Waals surface area (Å²) >= 11 is 0. The lowest BCUT2D eigenvalue weighted by Crippen LogP contribution is -2.11. The number of hydrogen-bond donors (Lipinski definition) is 2. The molecule has 5 heteroatoms. The van der Waals surface area contributed by atoms with Crippen molar-refractivity contribution in [2.75, 3.05) is 0 Å². The third-order valence-corrected chi connectivity index (χ3v) is 2.42. The van der Waals surface area contributed by atoms with Crippen molar-refractivity contribution in [1.82, 2.24) is 4.98 Å². The van der Waals surface area contributed by atoms with E-state index in [0.717, 1.165) is 6.07 Å². The molecule has 0 atom stereocenters. The Labute approximate surface area is 89.3 Å². The standard InChI is InChI=1S/C11H8FNO3/c1-5-6(12)2-3-7-10(5)9(14)4-8(13-7)11(15)16/h2-4H,1H3,(H,13,14)(H,15,16). The van der Waals surface area contributed by atoms with Crippen molar-refractivity contribution in [3.05, 3.63) is 45.5 Å². The molecule has 1 aromatic heterocycles. The summed E-state index contributed by atoms with van der Waals surface area (Å²) in [4.78, 5) is 24.9. The highest BCUT2D eigenvalue weighted by Crippen LogP contribution is 2.16. The monoisotopic (exact) mass is 221 g/mol. The van der Waals surface area contributed by atoms with Gasteiger partial charge in [-0.2, -0.15) is 0 Å². The van der Waals surface area contributed by atoms with Crippen LogP contribution in [0, 0.1) is 12.7 Å². The van der Waals surface area contributed by atoms with Gasteiger partial charge >= 0.3 is 5.97 Å². The van der Waals surface area contributed by atoms with Crippen LogP contribution in [0.5, 0.6) is 0 Å². The summed E-state index contributed by atoms with van der Waals surface area (Å²) in [6, 6.07) is 3.50. The van der Waals surface area contributed by atoms with Gasteiger partial charge in [-0.05, 0) is 24.6 Å². The molecule has 0 amide bonds. The molecule has 1 heterocycles. The first-order valence-electron chi connectivity index (χ1n) is 4.56. The summed E-state index contributed by atoms with van der Waals surface area (Å²) < 4.78 is 13.2. The molecule has 4 nitrogen and oxygen atoms in total. The lowest BCUT2D eigenvalue weighted by atomic mass is 10.1. The Kier molecular flexibility index (Phi) is 2.23. The number of H-pyrrole nitrogens is 1. The number of aromatic amines is 1. The molecular formula is C11H8FNO3. The van der Waals surface area contributed by atoms with Crippen LogP contribution < -0.4 is 5.43 Å². The fourth-order valence-electron chi connectivity index (χ4n) is 1.61. The van der Waals surface area contributed by atoms with Gasteiger partial charge in [-0.1, -0.05) is 0 Å². The SMILES string of the molecule is Cc1c(F)ccc2[nH]c(C(=O)O)cc(=O)c12. The van der Waals surface area contributed by atoms with E-state index in [4.69, 9.17) is 5.11 Å². The zero-order valence-electron chi connectivity index (χ0n) is 8.37. The maximum absolute atomic E-state index is 13.2. The molecule has 0 spiro atoms. The van der Waals surface area contributed by atoms with E-state index < -0.39 is 17.2 Å². The number of nitrogens with one attached hydrogen (secondary N) is 1. The largest absolute Gasteiger partial charge is 0.477 e. The molecule has 0 aliphatic heterocycles. The number of aryl methyl sites for hydroxylation is 1. The van der Waals surface area contributed by atoms with E-state index in [9.17, 15) is 14.0 Å². The van der Waals surface area contributed by atoms with E-state index in [1.807, 2.05) is 0 Å². The number of fused-ring (bicyclic) bond motifs is 1. The molecule has 82 valence electrons. The maximum atomic E-state index is 13.2. The normalized spacial score (nSPS) is 10.6. The molecule has 16 heavy (non-hydrogen) atoms. The average Bonchev–Trinajstić information content (AvgIpc) is 2.22. The van der Waals surface area contributed by atoms with Gasteiger partial charge in [0, 0.05) is 6.07 Å². The molecule has 2 N–H and O–H groups in total. The van der Waals surface area contributed by atoms with Crippen LogP contribution in [-0.4, -0.2) is 16.1 Å². The van der Waals surface area contributed by atoms with Crippen LogP contribution in [0.2, 0.25) is 0 Å². The minimum absolute atomic E-state index is 0.185. The second-order valence-corrected chi connectivity index (χ2v) is 3.45. The molecule has 2 rings (SSSR count). The van der Waals surface area contributed by atoms with Crippen molar-refractivity contribution >= 4 is 16.9 Å². The van der Waals surface area contributed by atoms with Crippen LogP contribution in [0.4, 0.5) is 4.39 Å². The zero-order valence-corrected chi connectivity index (χ0v) is 8.37. The number of carboxylic acid groups (broad SMARTS) is 1. The Morgan fingerprint density at radius 1 is 1.44 bits per heavy atom. The van der Waals surface area contributed by atoms with Gasteiger partial charge in [0.05, 0.1) is 10.9 Å². The number of halogens is 1. The van der Waals surface area contributed by atoms with Crippen molar-refractivity contribution in [2.45, 2.75) is 6.92 Å². The summed E-state index contributed by atoms with van der Waals surface area (Å²) in [5, 5.41) is 8.93. The summed E-state index contributed by atoms with van der Waals surface area (Å²) in [5.41, 5.74) is -0.161. The van der Waals surface area contributed by atoms with Gasteiger partial charge in [0.2, 0.25) is 0 Å². The topological polar surface area (TPSA) is 70.2 Å². The van der Waals surface area contributed by atoms with Gasteiger partial charge in [0.1, 0.15) is 11.5 Å². The van der Waals surface area contributed by atoms with Crippen LogP contribution in [0.25, 0.3) is 10.9 Å². The number of aromatic carboxylic acids is 1. The summed E-state index contributed by atoms with van der Waals surface area (Å²) in [7, 11) is 0. The van der Waals surface area contributed by atoms with Crippen LogP contribution in [0.3, 0.4) is 0 Å². The predicted molar refractivity (Wildman–Crippen MR) is 56.2 cm³/mol. The third-order valence-electron chi connectivity index (χ3n) is 2.42. The summed E-state index contributed by atoms with van der Waals surface area (Å²) in [6.45, 7) is 1.48. The molecule has 0 unspecified atom stereocenters. The van der Waals surface area contributed by atoms with Crippen molar-refractivity contribution in [1.29, 1.82) is 0 Å². The highest BCUT2D eigenvalue weighted by Gasteiger charge is 2.11. The molecule has 0 saturated heterocycles. The quantitative estimate of drug-likeness (QED) is 0.769. The fraction of sp³-hybridized carbons (Fsp3) is 0.0909. The van der Waals surface area contributed by atoms with Gasteiger partial charge < -0.3 is 10.1 Å². The lowest BCUT2D eigenvalue weighted by molar-refractivity contribution is 0.0691. The second-order valence-electron chi connectivity index (χ2n) is 3.45. The van der Waals surface area contributed by atoms with Crippen molar-refractivity contribution in [3.63, 3.8) is 0 Å². The smallest absolute Gasteiger partial charge is 0.352 e. The maximum Gasteiger partial charge on any atom is 0.352 e. The summed E-state index contributed by atoms with van der Waals surface area (Å²) in [5.74, 6) is -1.71. The zero-order chi connectivity index (χ0) is 11.9. The fourth-order valence-corrected chi connectivity index (χ4v) is 1.61. The van der Waals surface area contributed by atoms with Crippen molar-refractivity contribution in [2.24, 2.45) is 0 Å². The average molecular weight is 221 g/mol. The molecule has 1 aromatic carbocycles. The van der Waals surface area contributed by atoms with Gasteiger partial charge in [0.25, 0.3) is 0 Å². The minimum atomic E-state index is -1.22. The molecule has 2 aromatic rings. The Balaban J connectivity index is 2.92. The van der Waals surface area contributed by atoms with Crippen LogP contribution in [0.15, 0.2) is 23.0 Å². The Bertz CT molecular complexity index is 645. The summed E-state index contributed by atoms with van der Waals surface area (Å²) in [6.07, 6.45) is 0. The molecule has 0 bridgehead atoms. The van der Waals surface area contributed by atoms with Gasteiger partial charge in [0.15, 0.2) is 5.43 Å². The number of carboxylic acids is 1. The first-order valence-corrected chi connectivity index (χ1v) is 4.56. The highest BCUT2D eigenvalue weighted by molar-refractivity contribution is 5.90. The lowest BCUT2D eigenvalue weighted by Gasteiger charge is -2.04. The first kappa shape index (κ1) is 10.4. The van der Waals surface area contributed by atoms with E-state index in [0.29, 0.717) is 5.52 Å². The molecule has 0 saturated carbocycles.